The second-order valence-electron chi connectivity index (χ2n) is 4.38. The zero-order valence-corrected chi connectivity index (χ0v) is 12.4. The van der Waals surface area contributed by atoms with Gasteiger partial charge in [-0.2, -0.15) is 0 Å². The summed E-state index contributed by atoms with van der Waals surface area (Å²) in [4.78, 5) is 7.42. The van der Waals surface area contributed by atoms with Crippen LogP contribution in [0.5, 0.6) is 5.75 Å². The number of rotatable bonds is 4. The molecule has 0 fully saturated rings. The van der Waals surface area contributed by atoms with Gasteiger partial charge in [0.15, 0.2) is 5.13 Å². The number of aliphatic hydroxyl groups is 1. The first-order chi connectivity index (χ1) is 9.02. The summed E-state index contributed by atoms with van der Waals surface area (Å²) < 4.78 is 5.14. The van der Waals surface area contributed by atoms with Gasteiger partial charge in [0.05, 0.1) is 23.8 Å². The third kappa shape index (κ3) is 2.88. The summed E-state index contributed by atoms with van der Waals surface area (Å²) >= 11 is 1.51. The lowest BCUT2D eigenvalue weighted by Crippen LogP contribution is -2.08. The van der Waals surface area contributed by atoms with Gasteiger partial charge in [-0.3, -0.25) is 0 Å². The maximum atomic E-state index is 9.67. The highest BCUT2D eigenvalue weighted by atomic mass is 32.1. The van der Waals surface area contributed by atoms with Crippen molar-refractivity contribution in [1.29, 1.82) is 0 Å². The average molecular weight is 278 g/mol. The van der Waals surface area contributed by atoms with E-state index in [2.05, 4.69) is 4.98 Å². The van der Waals surface area contributed by atoms with Crippen LogP contribution in [0.1, 0.15) is 23.6 Å². The number of aliphatic hydroxyl groups excluding tert-OH is 1. The van der Waals surface area contributed by atoms with E-state index in [1.54, 1.807) is 14.0 Å². The zero-order valence-electron chi connectivity index (χ0n) is 11.5. The fourth-order valence-electron chi connectivity index (χ4n) is 1.84. The highest BCUT2D eigenvalue weighted by molar-refractivity contribution is 7.15. The lowest BCUT2D eigenvalue weighted by atomic mass is 10.3. The molecular formula is C14H18N2O2S. The van der Waals surface area contributed by atoms with Crippen LogP contribution in [0.25, 0.3) is 0 Å². The highest BCUT2D eigenvalue weighted by Crippen LogP contribution is 2.33. The van der Waals surface area contributed by atoms with Crippen LogP contribution in [0.4, 0.5) is 10.8 Å². The van der Waals surface area contributed by atoms with Gasteiger partial charge in [-0.25, -0.2) is 4.98 Å². The van der Waals surface area contributed by atoms with Crippen LogP contribution in [0.3, 0.4) is 0 Å². The maximum Gasteiger partial charge on any atom is 0.190 e. The molecule has 0 spiro atoms. The third-order valence-electron chi connectivity index (χ3n) is 2.95. The number of aromatic nitrogens is 1. The molecule has 5 heteroatoms. The number of thiazole rings is 1. The van der Waals surface area contributed by atoms with E-state index in [4.69, 9.17) is 4.74 Å². The van der Waals surface area contributed by atoms with Crippen LogP contribution < -0.4 is 9.64 Å². The SMILES string of the molecule is COc1ccc(N(C)c2nc(C)c(C(C)O)s2)cc1. The summed E-state index contributed by atoms with van der Waals surface area (Å²) in [6.07, 6.45) is -0.476. The molecule has 1 atom stereocenters. The molecule has 0 aliphatic carbocycles. The molecule has 1 N–H and O–H groups in total. The van der Waals surface area contributed by atoms with E-state index in [0.29, 0.717) is 0 Å². The van der Waals surface area contributed by atoms with Crippen LogP contribution in [0, 0.1) is 6.92 Å². The van der Waals surface area contributed by atoms with E-state index in [9.17, 15) is 5.11 Å². The predicted molar refractivity (Wildman–Crippen MR) is 78.5 cm³/mol. The first kappa shape index (κ1) is 13.8. The van der Waals surface area contributed by atoms with E-state index < -0.39 is 6.10 Å². The number of hydrogen-bond acceptors (Lipinski definition) is 5. The van der Waals surface area contributed by atoms with Crippen LogP contribution in [0.15, 0.2) is 24.3 Å². The Bertz CT molecular complexity index is 549. The largest absolute Gasteiger partial charge is 0.497 e. The molecule has 1 aromatic heterocycles. The number of anilines is 2. The van der Waals surface area contributed by atoms with Crippen molar-refractivity contribution in [2.75, 3.05) is 19.1 Å². The highest BCUT2D eigenvalue weighted by Gasteiger charge is 2.15. The quantitative estimate of drug-likeness (QED) is 0.932. The zero-order chi connectivity index (χ0) is 14.0. The minimum absolute atomic E-state index is 0.476. The van der Waals surface area contributed by atoms with Gasteiger partial charge in [0.25, 0.3) is 0 Å². The van der Waals surface area contributed by atoms with Gasteiger partial charge in [0.1, 0.15) is 5.75 Å². The van der Waals surface area contributed by atoms with Crippen molar-refractivity contribution >= 4 is 22.2 Å². The molecule has 19 heavy (non-hydrogen) atoms. The molecule has 0 amide bonds. The summed E-state index contributed by atoms with van der Waals surface area (Å²) in [6.45, 7) is 3.68. The second-order valence-corrected chi connectivity index (χ2v) is 5.39. The van der Waals surface area contributed by atoms with Crippen LogP contribution in [-0.2, 0) is 0 Å². The van der Waals surface area contributed by atoms with Crippen molar-refractivity contribution in [3.05, 3.63) is 34.8 Å². The number of methoxy groups -OCH3 is 1. The molecule has 2 aromatic rings. The first-order valence-electron chi connectivity index (χ1n) is 6.06. The molecule has 0 saturated heterocycles. The van der Waals surface area contributed by atoms with E-state index in [-0.39, 0.29) is 0 Å². The van der Waals surface area contributed by atoms with Crippen molar-refractivity contribution in [3.8, 4) is 5.75 Å². The molecule has 0 saturated carbocycles. The summed E-state index contributed by atoms with van der Waals surface area (Å²) in [6, 6.07) is 7.80. The fraction of sp³-hybridized carbons (Fsp3) is 0.357. The van der Waals surface area contributed by atoms with Crippen LogP contribution in [0.2, 0.25) is 0 Å². The molecule has 0 aliphatic rings. The van der Waals surface area contributed by atoms with E-state index in [1.165, 1.54) is 11.3 Å². The molecule has 0 aliphatic heterocycles. The topological polar surface area (TPSA) is 45.6 Å². The molecule has 1 aromatic carbocycles. The normalized spacial score (nSPS) is 12.3. The molecule has 4 nitrogen and oxygen atoms in total. The fourth-order valence-corrected chi connectivity index (χ4v) is 2.83. The molecule has 1 unspecified atom stereocenters. The minimum Gasteiger partial charge on any atom is -0.497 e. The predicted octanol–water partition coefficient (Wildman–Crippen LogP) is 3.28. The van der Waals surface area contributed by atoms with Crippen molar-refractivity contribution in [2.24, 2.45) is 0 Å². The molecule has 0 radical (unpaired) electrons. The Hall–Kier alpha value is -1.59. The summed E-state index contributed by atoms with van der Waals surface area (Å²) in [5, 5.41) is 10.5. The van der Waals surface area contributed by atoms with Gasteiger partial charge < -0.3 is 14.7 Å². The van der Waals surface area contributed by atoms with E-state index >= 15 is 0 Å². The van der Waals surface area contributed by atoms with Crippen LogP contribution in [-0.4, -0.2) is 24.2 Å². The van der Waals surface area contributed by atoms with Gasteiger partial charge >= 0.3 is 0 Å². The monoisotopic (exact) mass is 278 g/mol. The van der Waals surface area contributed by atoms with Crippen molar-refractivity contribution < 1.29 is 9.84 Å². The molecule has 2 rings (SSSR count). The Kier molecular flexibility index (Phi) is 4.07. The lowest BCUT2D eigenvalue weighted by Gasteiger charge is -2.16. The van der Waals surface area contributed by atoms with Gasteiger partial charge in [-0.15, -0.1) is 0 Å². The Labute approximate surface area is 117 Å². The molecule has 102 valence electrons. The number of hydrogen-bond donors (Lipinski definition) is 1. The maximum absolute atomic E-state index is 9.67. The Morgan fingerprint density at radius 2 is 1.95 bits per heavy atom. The van der Waals surface area contributed by atoms with Crippen molar-refractivity contribution in [1.82, 2.24) is 4.98 Å². The van der Waals surface area contributed by atoms with Crippen molar-refractivity contribution in [3.63, 3.8) is 0 Å². The number of benzene rings is 1. The van der Waals surface area contributed by atoms with E-state index in [1.807, 2.05) is 43.1 Å². The summed E-state index contributed by atoms with van der Waals surface area (Å²) in [5.74, 6) is 0.831. The summed E-state index contributed by atoms with van der Waals surface area (Å²) in [5.41, 5.74) is 1.92. The molecule has 1 heterocycles. The first-order valence-corrected chi connectivity index (χ1v) is 6.87. The number of nitrogens with zero attached hydrogens (tertiary/aromatic N) is 2. The molecule has 0 bridgehead atoms. The third-order valence-corrected chi connectivity index (χ3v) is 4.35. The second kappa shape index (κ2) is 5.59. The minimum atomic E-state index is -0.476. The Morgan fingerprint density at radius 3 is 2.42 bits per heavy atom. The Morgan fingerprint density at radius 1 is 1.32 bits per heavy atom. The number of ether oxygens (including phenoxy) is 1. The summed E-state index contributed by atoms with van der Waals surface area (Å²) in [7, 11) is 3.61. The van der Waals surface area contributed by atoms with Gasteiger partial charge in [-0.1, -0.05) is 11.3 Å². The van der Waals surface area contributed by atoms with Crippen molar-refractivity contribution in [2.45, 2.75) is 20.0 Å². The van der Waals surface area contributed by atoms with Crippen LogP contribution >= 0.6 is 11.3 Å². The average Bonchev–Trinajstić information content (AvgIpc) is 2.80. The Balaban J connectivity index is 2.27. The van der Waals surface area contributed by atoms with Gasteiger partial charge in [0.2, 0.25) is 0 Å². The number of aryl methyl sites for hydroxylation is 1. The van der Waals surface area contributed by atoms with Gasteiger partial charge in [-0.05, 0) is 38.1 Å². The lowest BCUT2D eigenvalue weighted by molar-refractivity contribution is 0.202. The smallest absolute Gasteiger partial charge is 0.190 e. The molecular weight excluding hydrogens is 260 g/mol. The van der Waals surface area contributed by atoms with E-state index in [0.717, 1.165) is 27.1 Å². The van der Waals surface area contributed by atoms with Gasteiger partial charge in [0, 0.05) is 12.7 Å². The standard InChI is InChI=1S/C14H18N2O2S/c1-9-13(10(2)17)19-14(15-9)16(3)11-5-7-12(18-4)8-6-11/h5-8,10,17H,1-4H3.